The summed E-state index contributed by atoms with van der Waals surface area (Å²) in [6.07, 6.45) is 0.925. The fourth-order valence-electron chi connectivity index (χ4n) is 2.44. The zero-order valence-electron chi connectivity index (χ0n) is 11.4. The molecule has 7 heteroatoms. The standard InChI is InChI=1S/C14H14FN3O3/c1-14(12(19)20)6-3-7-18(14)13(21)17-11-5-2-4-10(15)9(11)8-16/h2,4-5H,3,6-7H2,1H3,(H,17,21)(H,19,20). The second-order valence-corrected chi connectivity index (χ2v) is 5.04. The number of carboxylic acid groups (broad SMARTS) is 1. The molecule has 1 atom stereocenters. The number of benzene rings is 1. The first-order chi connectivity index (χ1) is 9.90. The van der Waals surface area contributed by atoms with E-state index in [0.717, 1.165) is 6.07 Å². The van der Waals surface area contributed by atoms with Crippen molar-refractivity contribution in [1.82, 2.24) is 4.90 Å². The van der Waals surface area contributed by atoms with Gasteiger partial charge in [-0.3, -0.25) is 0 Å². The third kappa shape index (κ3) is 2.52. The number of halogens is 1. The summed E-state index contributed by atoms with van der Waals surface area (Å²) < 4.78 is 13.5. The molecule has 0 saturated carbocycles. The lowest BCUT2D eigenvalue weighted by Crippen LogP contribution is -2.52. The SMILES string of the molecule is CC1(C(=O)O)CCCN1C(=O)Nc1cccc(F)c1C#N. The van der Waals surface area contributed by atoms with Gasteiger partial charge < -0.3 is 15.3 Å². The second kappa shape index (κ2) is 5.40. The molecule has 1 heterocycles. The van der Waals surface area contributed by atoms with E-state index >= 15 is 0 Å². The van der Waals surface area contributed by atoms with Crippen molar-refractivity contribution >= 4 is 17.7 Å². The van der Waals surface area contributed by atoms with Gasteiger partial charge in [-0.25, -0.2) is 14.0 Å². The number of carboxylic acids is 1. The van der Waals surface area contributed by atoms with Crippen molar-refractivity contribution in [2.24, 2.45) is 0 Å². The predicted octanol–water partition coefficient (Wildman–Crippen LogP) is 2.17. The minimum atomic E-state index is -1.29. The normalized spacial score (nSPS) is 20.9. The Morgan fingerprint density at radius 2 is 2.24 bits per heavy atom. The molecule has 2 rings (SSSR count). The van der Waals surface area contributed by atoms with E-state index in [1.165, 1.54) is 24.0 Å². The zero-order chi connectivity index (χ0) is 15.6. The fourth-order valence-corrected chi connectivity index (χ4v) is 2.44. The van der Waals surface area contributed by atoms with E-state index in [1.54, 1.807) is 6.07 Å². The molecule has 0 bridgehead atoms. The lowest BCUT2D eigenvalue weighted by Gasteiger charge is -2.31. The van der Waals surface area contributed by atoms with Crippen LogP contribution in [0.3, 0.4) is 0 Å². The van der Waals surface area contributed by atoms with Crippen molar-refractivity contribution in [3.05, 3.63) is 29.6 Å². The number of nitrogens with zero attached hydrogens (tertiary/aromatic N) is 2. The Balaban J connectivity index is 2.25. The third-order valence-corrected chi connectivity index (χ3v) is 3.71. The average Bonchev–Trinajstić information content (AvgIpc) is 2.82. The molecule has 2 amide bonds. The Morgan fingerprint density at radius 1 is 1.52 bits per heavy atom. The van der Waals surface area contributed by atoms with Crippen LogP contribution in [0.15, 0.2) is 18.2 Å². The highest BCUT2D eigenvalue weighted by Crippen LogP contribution is 2.30. The number of nitriles is 1. The van der Waals surface area contributed by atoms with Crippen molar-refractivity contribution in [3.8, 4) is 6.07 Å². The van der Waals surface area contributed by atoms with E-state index in [-0.39, 0.29) is 11.3 Å². The van der Waals surface area contributed by atoms with Gasteiger partial charge in [-0.2, -0.15) is 5.26 Å². The summed E-state index contributed by atoms with van der Waals surface area (Å²) in [6, 6.07) is 4.91. The second-order valence-electron chi connectivity index (χ2n) is 5.04. The van der Waals surface area contributed by atoms with Gasteiger partial charge in [0.25, 0.3) is 0 Å². The van der Waals surface area contributed by atoms with E-state index in [0.29, 0.717) is 19.4 Å². The maximum absolute atomic E-state index is 13.5. The lowest BCUT2D eigenvalue weighted by atomic mass is 10.00. The zero-order valence-corrected chi connectivity index (χ0v) is 11.4. The first kappa shape index (κ1) is 14.8. The van der Waals surface area contributed by atoms with Gasteiger partial charge >= 0.3 is 12.0 Å². The molecule has 1 saturated heterocycles. The molecule has 1 aromatic rings. The van der Waals surface area contributed by atoms with Crippen LogP contribution in [-0.4, -0.2) is 34.1 Å². The number of aliphatic carboxylic acids is 1. The largest absolute Gasteiger partial charge is 0.480 e. The van der Waals surface area contributed by atoms with Gasteiger partial charge in [0.05, 0.1) is 5.69 Å². The molecule has 0 aliphatic carbocycles. The van der Waals surface area contributed by atoms with E-state index in [2.05, 4.69) is 5.32 Å². The molecule has 1 fully saturated rings. The average molecular weight is 291 g/mol. The Kier molecular flexibility index (Phi) is 3.80. The van der Waals surface area contributed by atoms with Crippen LogP contribution in [0.25, 0.3) is 0 Å². The Hall–Kier alpha value is -2.62. The summed E-state index contributed by atoms with van der Waals surface area (Å²) in [4.78, 5) is 24.8. The van der Waals surface area contributed by atoms with Gasteiger partial charge in [0.15, 0.2) is 0 Å². The van der Waals surface area contributed by atoms with Gasteiger partial charge in [-0.15, -0.1) is 0 Å². The maximum atomic E-state index is 13.5. The summed E-state index contributed by atoms with van der Waals surface area (Å²) >= 11 is 0. The molecule has 110 valence electrons. The van der Waals surface area contributed by atoms with Gasteiger partial charge in [0, 0.05) is 6.54 Å². The van der Waals surface area contributed by atoms with Crippen LogP contribution in [0.4, 0.5) is 14.9 Å². The molecule has 0 radical (unpaired) electrons. The van der Waals surface area contributed by atoms with Crippen molar-refractivity contribution < 1.29 is 19.1 Å². The molecular weight excluding hydrogens is 277 g/mol. The van der Waals surface area contributed by atoms with E-state index in [1.807, 2.05) is 0 Å². The maximum Gasteiger partial charge on any atom is 0.329 e. The Labute approximate surface area is 120 Å². The summed E-state index contributed by atoms with van der Waals surface area (Å²) in [5, 5.41) is 20.6. The summed E-state index contributed by atoms with van der Waals surface area (Å²) in [6.45, 7) is 1.77. The molecule has 0 spiro atoms. The van der Waals surface area contributed by atoms with Crippen molar-refractivity contribution in [3.63, 3.8) is 0 Å². The fraction of sp³-hybridized carbons (Fsp3) is 0.357. The number of carbonyl (C=O) groups is 2. The number of carbonyl (C=O) groups excluding carboxylic acids is 1. The first-order valence-electron chi connectivity index (χ1n) is 6.41. The molecule has 6 nitrogen and oxygen atoms in total. The minimum absolute atomic E-state index is 0.0298. The molecule has 1 aromatic carbocycles. The molecule has 1 aliphatic heterocycles. The van der Waals surface area contributed by atoms with Gasteiger partial charge in [-0.05, 0) is 31.9 Å². The predicted molar refractivity (Wildman–Crippen MR) is 72.1 cm³/mol. The van der Waals surface area contributed by atoms with Crippen LogP contribution >= 0.6 is 0 Å². The quantitative estimate of drug-likeness (QED) is 0.873. The molecule has 2 N–H and O–H groups in total. The van der Waals surface area contributed by atoms with Crippen LogP contribution in [0, 0.1) is 17.1 Å². The third-order valence-electron chi connectivity index (χ3n) is 3.71. The topological polar surface area (TPSA) is 93.4 Å². The van der Waals surface area contributed by atoms with Crippen molar-refractivity contribution in [1.29, 1.82) is 5.26 Å². The van der Waals surface area contributed by atoms with Crippen LogP contribution in [0.2, 0.25) is 0 Å². The van der Waals surface area contributed by atoms with Crippen molar-refractivity contribution in [2.45, 2.75) is 25.3 Å². The lowest BCUT2D eigenvalue weighted by molar-refractivity contribution is -0.146. The molecule has 1 aliphatic rings. The molecule has 0 aromatic heterocycles. The monoisotopic (exact) mass is 291 g/mol. The number of likely N-dealkylation sites (tertiary alicyclic amines) is 1. The Morgan fingerprint density at radius 3 is 2.86 bits per heavy atom. The number of urea groups is 1. The Bertz CT molecular complexity index is 641. The summed E-state index contributed by atoms with van der Waals surface area (Å²) in [5.41, 5.74) is -1.53. The van der Waals surface area contributed by atoms with Gasteiger partial charge in [-0.1, -0.05) is 6.07 Å². The van der Waals surface area contributed by atoms with Gasteiger partial charge in [0.2, 0.25) is 0 Å². The number of anilines is 1. The summed E-state index contributed by atoms with van der Waals surface area (Å²) in [5.74, 6) is -1.83. The molecule has 21 heavy (non-hydrogen) atoms. The van der Waals surface area contributed by atoms with Crippen LogP contribution in [0.5, 0.6) is 0 Å². The van der Waals surface area contributed by atoms with Gasteiger partial charge in [0.1, 0.15) is 23.0 Å². The van der Waals surface area contributed by atoms with Crippen LogP contribution < -0.4 is 5.32 Å². The highest BCUT2D eigenvalue weighted by atomic mass is 19.1. The van der Waals surface area contributed by atoms with Crippen LogP contribution in [0.1, 0.15) is 25.3 Å². The number of rotatable bonds is 2. The van der Waals surface area contributed by atoms with E-state index in [4.69, 9.17) is 5.26 Å². The van der Waals surface area contributed by atoms with Crippen molar-refractivity contribution in [2.75, 3.05) is 11.9 Å². The smallest absolute Gasteiger partial charge is 0.329 e. The van der Waals surface area contributed by atoms with E-state index < -0.39 is 23.4 Å². The molecular formula is C14H14FN3O3. The highest BCUT2D eigenvalue weighted by Gasteiger charge is 2.46. The highest BCUT2D eigenvalue weighted by molar-refractivity contribution is 5.95. The molecule has 1 unspecified atom stereocenters. The van der Waals surface area contributed by atoms with E-state index in [9.17, 15) is 19.1 Å². The van der Waals surface area contributed by atoms with Crippen LogP contribution in [-0.2, 0) is 4.79 Å². The number of nitrogens with one attached hydrogen (secondary N) is 1. The summed E-state index contributed by atoms with van der Waals surface area (Å²) in [7, 11) is 0. The number of hydrogen-bond donors (Lipinski definition) is 2. The number of hydrogen-bond acceptors (Lipinski definition) is 3. The minimum Gasteiger partial charge on any atom is -0.480 e. The first-order valence-corrected chi connectivity index (χ1v) is 6.41. The number of amides is 2.